The zero-order valence-electron chi connectivity index (χ0n) is 14.5. The molecule has 1 aromatic heterocycles. The number of carbonyl (C=O) groups is 1. The molecule has 140 valence electrons. The second-order valence-electron chi connectivity index (χ2n) is 5.91. The fraction of sp³-hybridized carbons (Fsp3) is 0.158. The molecule has 0 saturated heterocycles. The number of aromatic nitrogens is 1. The van der Waals surface area contributed by atoms with Gasteiger partial charge < -0.3 is 9.26 Å². The number of hydrogen-bond donors (Lipinski definition) is 1. The highest BCUT2D eigenvalue weighted by molar-refractivity contribution is 6.32. The Morgan fingerprint density at radius 3 is 2.52 bits per heavy atom. The highest BCUT2D eigenvalue weighted by Crippen LogP contribution is 2.26. The SMILES string of the molecule is Cc1cc(OCC(=O)Nc2cc(-c3ccc(F)c(F)c3)no2)cc(C)c1Cl. The van der Waals surface area contributed by atoms with Crippen molar-refractivity contribution in [2.45, 2.75) is 13.8 Å². The minimum absolute atomic E-state index is 0.0619. The Morgan fingerprint density at radius 2 is 1.85 bits per heavy atom. The van der Waals surface area contributed by atoms with Gasteiger partial charge in [-0.25, -0.2) is 8.78 Å². The third-order valence-corrected chi connectivity index (χ3v) is 4.36. The van der Waals surface area contributed by atoms with Gasteiger partial charge in [-0.1, -0.05) is 16.8 Å². The van der Waals surface area contributed by atoms with E-state index >= 15 is 0 Å². The molecule has 0 aliphatic heterocycles. The van der Waals surface area contributed by atoms with Crippen LogP contribution in [0.3, 0.4) is 0 Å². The minimum atomic E-state index is -0.997. The second-order valence-corrected chi connectivity index (χ2v) is 6.29. The number of nitrogens with zero attached hydrogens (tertiary/aromatic N) is 1. The van der Waals surface area contributed by atoms with Crippen LogP contribution >= 0.6 is 11.6 Å². The molecule has 1 heterocycles. The lowest BCUT2D eigenvalue weighted by Gasteiger charge is -2.09. The highest BCUT2D eigenvalue weighted by atomic mass is 35.5. The molecule has 0 spiro atoms. The Labute approximate surface area is 158 Å². The maximum Gasteiger partial charge on any atom is 0.264 e. The van der Waals surface area contributed by atoms with Crippen LogP contribution in [0.2, 0.25) is 5.02 Å². The van der Waals surface area contributed by atoms with E-state index in [2.05, 4.69) is 10.5 Å². The third-order valence-electron chi connectivity index (χ3n) is 3.77. The molecule has 2 aromatic carbocycles. The Bertz CT molecular complexity index is 981. The summed E-state index contributed by atoms with van der Waals surface area (Å²) in [5.41, 5.74) is 2.27. The van der Waals surface area contributed by atoms with E-state index in [9.17, 15) is 13.6 Å². The summed E-state index contributed by atoms with van der Waals surface area (Å²) in [7, 11) is 0. The molecule has 0 aliphatic carbocycles. The number of nitrogens with one attached hydrogen (secondary N) is 1. The Kier molecular flexibility index (Phi) is 5.41. The van der Waals surface area contributed by atoms with E-state index in [1.807, 2.05) is 13.8 Å². The Morgan fingerprint density at radius 1 is 1.15 bits per heavy atom. The predicted molar refractivity (Wildman–Crippen MR) is 96.9 cm³/mol. The molecule has 0 aliphatic rings. The Hall–Kier alpha value is -2.93. The number of anilines is 1. The van der Waals surface area contributed by atoms with Crippen LogP contribution in [0.1, 0.15) is 11.1 Å². The smallest absolute Gasteiger partial charge is 0.264 e. The molecule has 27 heavy (non-hydrogen) atoms. The monoisotopic (exact) mass is 392 g/mol. The summed E-state index contributed by atoms with van der Waals surface area (Å²) in [6.07, 6.45) is 0. The fourth-order valence-corrected chi connectivity index (χ4v) is 2.55. The number of aryl methyl sites for hydroxylation is 2. The van der Waals surface area contributed by atoms with Gasteiger partial charge in [0.2, 0.25) is 5.88 Å². The van der Waals surface area contributed by atoms with Gasteiger partial charge in [0, 0.05) is 16.7 Å². The van der Waals surface area contributed by atoms with Gasteiger partial charge in [0.15, 0.2) is 18.2 Å². The summed E-state index contributed by atoms with van der Waals surface area (Å²) in [6, 6.07) is 8.21. The topological polar surface area (TPSA) is 64.4 Å². The molecule has 5 nitrogen and oxygen atoms in total. The summed E-state index contributed by atoms with van der Waals surface area (Å²) >= 11 is 6.09. The van der Waals surface area contributed by atoms with Crippen molar-refractivity contribution in [1.82, 2.24) is 5.16 Å². The average Bonchev–Trinajstić information content (AvgIpc) is 3.08. The van der Waals surface area contributed by atoms with Crippen molar-refractivity contribution in [2.24, 2.45) is 0 Å². The maximum atomic E-state index is 13.3. The summed E-state index contributed by atoms with van der Waals surface area (Å²) in [4.78, 5) is 12.0. The summed E-state index contributed by atoms with van der Waals surface area (Å²) in [5, 5.41) is 6.86. The number of rotatable bonds is 5. The van der Waals surface area contributed by atoms with E-state index in [-0.39, 0.29) is 18.2 Å². The molecule has 0 atom stereocenters. The zero-order valence-corrected chi connectivity index (χ0v) is 15.2. The van der Waals surface area contributed by atoms with Crippen LogP contribution < -0.4 is 10.1 Å². The van der Waals surface area contributed by atoms with E-state index in [1.165, 1.54) is 12.1 Å². The molecule has 1 amide bonds. The van der Waals surface area contributed by atoms with Crippen molar-refractivity contribution < 1.29 is 22.8 Å². The first-order chi connectivity index (χ1) is 12.8. The summed E-state index contributed by atoms with van der Waals surface area (Å²) in [5.74, 6) is -1.84. The summed E-state index contributed by atoms with van der Waals surface area (Å²) in [6.45, 7) is 3.44. The summed E-state index contributed by atoms with van der Waals surface area (Å²) < 4.78 is 36.7. The average molecular weight is 393 g/mol. The molecule has 0 bridgehead atoms. The van der Waals surface area contributed by atoms with Crippen LogP contribution in [-0.4, -0.2) is 17.7 Å². The first-order valence-corrected chi connectivity index (χ1v) is 8.33. The van der Waals surface area contributed by atoms with Crippen LogP contribution in [0, 0.1) is 25.5 Å². The van der Waals surface area contributed by atoms with Gasteiger partial charge in [-0.3, -0.25) is 10.1 Å². The molecular formula is C19H15ClF2N2O3. The van der Waals surface area contributed by atoms with Crippen LogP contribution in [0.25, 0.3) is 11.3 Å². The quantitative estimate of drug-likeness (QED) is 0.670. The van der Waals surface area contributed by atoms with Crippen LogP contribution in [0.4, 0.5) is 14.7 Å². The van der Waals surface area contributed by atoms with Crippen LogP contribution in [-0.2, 0) is 4.79 Å². The van der Waals surface area contributed by atoms with Crippen molar-refractivity contribution in [2.75, 3.05) is 11.9 Å². The lowest BCUT2D eigenvalue weighted by Crippen LogP contribution is -2.19. The molecule has 3 rings (SSSR count). The Balaban J connectivity index is 1.62. The third kappa shape index (κ3) is 4.43. The van der Waals surface area contributed by atoms with E-state index < -0.39 is 17.5 Å². The number of halogens is 3. The van der Waals surface area contributed by atoms with Gasteiger partial charge in [0.25, 0.3) is 5.91 Å². The predicted octanol–water partition coefficient (Wildman–Crippen LogP) is 4.91. The number of amides is 1. The van der Waals surface area contributed by atoms with Crippen molar-refractivity contribution in [1.29, 1.82) is 0 Å². The standard InChI is InChI=1S/C19H15ClF2N2O3/c1-10-5-13(6-11(2)19(10)20)26-9-17(25)23-18-8-16(24-27-18)12-3-4-14(21)15(22)7-12/h3-8H,9H2,1-2H3,(H,23,25). The van der Waals surface area contributed by atoms with Gasteiger partial charge in [0.1, 0.15) is 11.4 Å². The van der Waals surface area contributed by atoms with Crippen molar-refractivity contribution in [3.8, 4) is 17.0 Å². The molecule has 3 aromatic rings. The van der Waals surface area contributed by atoms with Gasteiger partial charge in [-0.15, -0.1) is 0 Å². The molecule has 0 fully saturated rings. The maximum absolute atomic E-state index is 13.3. The fourth-order valence-electron chi connectivity index (χ4n) is 2.44. The minimum Gasteiger partial charge on any atom is -0.484 e. The van der Waals surface area contributed by atoms with Crippen LogP contribution in [0.5, 0.6) is 5.75 Å². The lowest BCUT2D eigenvalue weighted by atomic mass is 10.1. The van der Waals surface area contributed by atoms with E-state index in [0.717, 1.165) is 23.3 Å². The molecule has 0 radical (unpaired) electrons. The second kappa shape index (κ2) is 7.75. The first-order valence-electron chi connectivity index (χ1n) is 7.95. The van der Waals surface area contributed by atoms with Crippen molar-refractivity contribution in [3.05, 3.63) is 64.2 Å². The number of hydrogen-bond acceptors (Lipinski definition) is 4. The molecule has 0 unspecified atom stereocenters. The van der Waals surface area contributed by atoms with E-state index in [1.54, 1.807) is 12.1 Å². The van der Waals surface area contributed by atoms with E-state index in [4.69, 9.17) is 20.9 Å². The zero-order chi connectivity index (χ0) is 19.6. The molecule has 8 heteroatoms. The molecule has 1 N–H and O–H groups in total. The van der Waals surface area contributed by atoms with Crippen molar-refractivity contribution >= 4 is 23.4 Å². The lowest BCUT2D eigenvalue weighted by molar-refractivity contribution is -0.118. The normalized spacial score (nSPS) is 10.7. The first kappa shape index (κ1) is 18.8. The van der Waals surface area contributed by atoms with Gasteiger partial charge in [0.05, 0.1) is 0 Å². The van der Waals surface area contributed by atoms with Gasteiger partial charge in [-0.2, -0.15) is 0 Å². The van der Waals surface area contributed by atoms with Gasteiger partial charge >= 0.3 is 0 Å². The van der Waals surface area contributed by atoms with Crippen LogP contribution in [0.15, 0.2) is 40.9 Å². The van der Waals surface area contributed by atoms with Gasteiger partial charge in [-0.05, 0) is 55.3 Å². The number of ether oxygens (including phenoxy) is 1. The number of benzene rings is 2. The van der Waals surface area contributed by atoms with E-state index in [0.29, 0.717) is 16.3 Å². The number of carbonyl (C=O) groups excluding carboxylic acids is 1. The highest BCUT2D eigenvalue weighted by Gasteiger charge is 2.12. The van der Waals surface area contributed by atoms with Crippen molar-refractivity contribution in [3.63, 3.8) is 0 Å². The molecular weight excluding hydrogens is 378 g/mol. The molecule has 0 saturated carbocycles. The largest absolute Gasteiger partial charge is 0.484 e.